The number of thioether (sulfide) groups is 1. The van der Waals surface area contributed by atoms with Crippen molar-refractivity contribution in [3.8, 4) is 0 Å². The van der Waals surface area contributed by atoms with Gasteiger partial charge in [-0.1, -0.05) is 0 Å². The molecule has 2 rings (SSSR count). The minimum absolute atomic E-state index is 0.0246. The predicted octanol–water partition coefficient (Wildman–Crippen LogP) is 2.14. The van der Waals surface area contributed by atoms with Gasteiger partial charge in [-0.25, -0.2) is 0 Å². The van der Waals surface area contributed by atoms with Crippen LogP contribution in [0.4, 0.5) is 0 Å². The van der Waals surface area contributed by atoms with Crippen LogP contribution in [0.15, 0.2) is 12.4 Å². The molecule has 0 radical (unpaired) electrons. The molecule has 1 fully saturated rings. The third-order valence-electron chi connectivity index (χ3n) is 3.15. The van der Waals surface area contributed by atoms with E-state index in [0.717, 1.165) is 0 Å². The van der Waals surface area contributed by atoms with E-state index in [4.69, 9.17) is 0 Å². The SMILES string of the molecule is Cn1cc(C(C)(C)NC2CCCSC2)cn1. The molecule has 0 aliphatic carbocycles. The Hall–Kier alpha value is -0.480. The van der Waals surface area contributed by atoms with Gasteiger partial charge in [0.15, 0.2) is 0 Å². The third-order valence-corrected chi connectivity index (χ3v) is 4.37. The Labute approximate surface area is 102 Å². The van der Waals surface area contributed by atoms with Gasteiger partial charge in [0.2, 0.25) is 0 Å². The highest BCUT2D eigenvalue weighted by molar-refractivity contribution is 7.99. The van der Waals surface area contributed by atoms with Gasteiger partial charge < -0.3 is 5.32 Å². The van der Waals surface area contributed by atoms with E-state index in [1.807, 2.05) is 17.9 Å². The van der Waals surface area contributed by atoms with Gasteiger partial charge in [-0.3, -0.25) is 4.68 Å². The standard InChI is InChI=1S/C12H21N3S/c1-12(2,10-7-13-15(3)8-10)14-11-5-4-6-16-9-11/h7-8,11,14H,4-6,9H2,1-3H3. The molecule has 1 N–H and O–H groups in total. The zero-order valence-corrected chi connectivity index (χ0v) is 11.2. The topological polar surface area (TPSA) is 29.9 Å². The lowest BCUT2D eigenvalue weighted by molar-refractivity contribution is 0.341. The molecule has 90 valence electrons. The van der Waals surface area contributed by atoms with Crippen LogP contribution >= 0.6 is 11.8 Å². The van der Waals surface area contributed by atoms with E-state index in [-0.39, 0.29) is 5.54 Å². The molecule has 0 saturated carbocycles. The van der Waals surface area contributed by atoms with Crippen molar-refractivity contribution in [3.05, 3.63) is 18.0 Å². The highest BCUT2D eigenvalue weighted by Crippen LogP contribution is 2.24. The first-order chi connectivity index (χ1) is 7.58. The van der Waals surface area contributed by atoms with Crippen molar-refractivity contribution in [2.24, 2.45) is 7.05 Å². The van der Waals surface area contributed by atoms with E-state index in [2.05, 4.69) is 42.2 Å². The van der Waals surface area contributed by atoms with E-state index in [1.165, 1.54) is 29.9 Å². The monoisotopic (exact) mass is 239 g/mol. The fourth-order valence-electron chi connectivity index (χ4n) is 2.19. The summed E-state index contributed by atoms with van der Waals surface area (Å²) >= 11 is 2.06. The molecule has 1 aliphatic heterocycles. The first kappa shape index (κ1) is 12.0. The maximum absolute atomic E-state index is 4.25. The molecule has 1 saturated heterocycles. The van der Waals surface area contributed by atoms with E-state index in [9.17, 15) is 0 Å². The van der Waals surface area contributed by atoms with Crippen molar-refractivity contribution in [1.29, 1.82) is 0 Å². The van der Waals surface area contributed by atoms with Crippen LogP contribution in [0.25, 0.3) is 0 Å². The number of aromatic nitrogens is 2. The molecule has 1 aromatic rings. The van der Waals surface area contributed by atoms with Crippen molar-refractivity contribution in [2.45, 2.75) is 38.3 Å². The molecule has 3 nitrogen and oxygen atoms in total. The van der Waals surface area contributed by atoms with Crippen molar-refractivity contribution in [1.82, 2.24) is 15.1 Å². The zero-order chi connectivity index (χ0) is 11.6. The Morgan fingerprint density at radius 3 is 2.94 bits per heavy atom. The summed E-state index contributed by atoms with van der Waals surface area (Å²) in [5, 5.41) is 8.00. The highest BCUT2D eigenvalue weighted by Gasteiger charge is 2.26. The van der Waals surface area contributed by atoms with Crippen LogP contribution in [0, 0.1) is 0 Å². The lowest BCUT2D eigenvalue weighted by Crippen LogP contribution is -2.45. The number of hydrogen-bond donors (Lipinski definition) is 1. The minimum Gasteiger partial charge on any atom is -0.304 e. The quantitative estimate of drug-likeness (QED) is 0.876. The van der Waals surface area contributed by atoms with Crippen LogP contribution in [0.5, 0.6) is 0 Å². The van der Waals surface area contributed by atoms with Crippen LogP contribution in [0.2, 0.25) is 0 Å². The lowest BCUT2D eigenvalue weighted by atomic mass is 9.96. The molecule has 0 aromatic carbocycles. The predicted molar refractivity (Wildman–Crippen MR) is 69.7 cm³/mol. The average Bonchev–Trinajstić information content (AvgIpc) is 2.66. The molecule has 2 heterocycles. The second-order valence-corrected chi connectivity index (χ2v) is 6.24. The minimum atomic E-state index is 0.0246. The Balaban J connectivity index is 2.01. The fraction of sp³-hybridized carbons (Fsp3) is 0.750. The molecular weight excluding hydrogens is 218 g/mol. The molecule has 16 heavy (non-hydrogen) atoms. The molecule has 1 aromatic heterocycles. The number of aryl methyl sites for hydroxylation is 1. The van der Waals surface area contributed by atoms with Gasteiger partial charge in [-0.2, -0.15) is 16.9 Å². The van der Waals surface area contributed by atoms with Crippen LogP contribution in [0.3, 0.4) is 0 Å². The summed E-state index contributed by atoms with van der Waals surface area (Å²) < 4.78 is 1.87. The second-order valence-electron chi connectivity index (χ2n) is 5.09. The number of nitrogens with one attached hydrogen (secondary N) is 1. The van der Waals surface area contributed by atoms with Crippen molar-refractivity contribution < 1.29 is 0 Å². The van der Waals surface area contributed by atoms with Gasteiger partial charge in [-0.05, 0) is 32.4 Å². The fourth-order valence-corrected chi connectivity index (χ4v) is 3.26. The summed E-state index contributed by atoms with van der Waals surface area (Å²) in [4.78, 5) is 0. The number of nitrogens with zero attached hydrogens (tertiary/aromatic N) is 2. The molecule has 0 bridgehead atoms. The van der Waals surface area contributed by atoms with Gasteiger partial charge in [0, 0.05) is 36.1 Å². The molecule has 0 spiro atoms. The van der Waals surface area contributed by atoms with Crippen molar-refractivity contribution in [3.63, 3.8) is 0 Å². The third kappa shape index (κ3) is 2.80. The number of hydrogen-bond acceptors (Lipinski definition) is 3. The van der Waals surface area contributed by atoms with Gasteiger partial charge >= 0.3 is 0 Å². The van der Waals surface area contributed by atoms with Crippen LogP contribution in [-0.2, 0) is 12.6 Å². The Morgan fingerprint density at radius 1 is 1.56 bits per heavy atom. The van der Waals surface area contributed by atoms with Crippen molar-refractivity contribution >= 4 is 11.8 Å². The summed E-state index contributed by atoms with van der Waals surface area (Å²) in [5.41, 5.74) is 1.29. The van der Waals surface area contributed by atoms with Gasteiger partial charge in [-0.15, -0.1) is 0 Å². The van der Waals surface area contributed by atoms with E-state index in [0.29, 0.717) is 6.04 Å². The Bertz CT molecular complexity index is 340. The maximum Gasteiger partial charge on any atom is 0.0540 e. The first-order valence-corrected chi connectivity index (χ1v) is 7.08. The van der Waals surface area contributed by atoms with E-state index < -0.39 is 0 Å². The van der Waals surface area contributed by atoms with Crippen LogP contribution in [-0.4, -0.2) is 27.3 Å². The van der Waals surface area contributed by atoms with Crippen molar-refractivity contribution in [2.75, 3.05) is 11.5 Å². The van der Waals surface area contributed by atoms with Gasteiger partial charge in [0.1, 0.15) is 0 Å². The highest BCUT2D eigenvalue weighted by atomic mass is 32.2. The Morgan fingerprint density at radius 2 is 2.38 bits per heavy atom. The summed E-state index contributed by atoms with van der Waals surface area (Å²) in [6.07, 6.45) is 6.70. The number of rotatable bonds is 3. The molecule has 1 unspecified atom stereocenters. The first-order valence-electron chi connectivity index (χ1n) is 5.92. The largest absolute Gasteiger partial charge is 0.304 e. The summed E-state index contributed by atoms with van der Waals surface area (Å²) in [5.74, 6) is 2.56. The van der Waals surface area contributed by atoms with Crippen LogP contribution < -0.4 is 5.32 Å². The van der Waals surface area contributed by atoms with E-state index in [1.54, 1.807) is 0 Å². The normalized spacial score (nSPS) is 22.3. The summed E-state index contributed by atoms with van der Waals surface area (Å²) in [6, 6.07) is 0.647. The molecule has 1 atom stereocenters. The summed E-state index contributed by atoms with van der Waals surface area (Å²) in [6.45, 7) is 4.48. The lowest BCUT2D eigenvalue weighted by Gasteiger charge is -2.33. The molecule has 0 amide bonds. The van der Waals surface area contributed by atoms with Crippen LogP contribution in [0.1, 0.15) is 32.3 Å². The smallest absolute Gasteiger partial charge is 0.0540 e. The second kappa shape index (κ2) is 4.80. The van der Waals surface area contributed by atoms with Gasteiger partial charge in [0.05, 0.1) is 6.20 Å². The van der Waals surface area contributed by atoms with E-state index >= 15 is 0 Å². The van der Waals surface area contributed by atoms with Gasteiger partial charge in [0.25, 0.3) is 0 Å². The zero-order valence-electron chi connectivity index (χ0n) is 10.4. The molecule has 4 heteroatoms. The summed E-state index contributed by atoms with van der Waals surface area (Å²) in [7, 11) is 1.97. The average molecular weight is 239 g/mol. The maximum atomic E-state index is 4.25. The molecular formula is C12H21N3S. The molecule has 1 aliphatic rings. The Kier molecular flexibility index (Phi) is 3.60.